The number of anilines is 1. The molecule has 2 N–H and O–H groups in total. The highest BCUT2D eigenvalue weighted by atomic mass is 19.3. The number of aliphatic hydroxyl groups is 1. The largest absolute Gasteiger partial charge is 0.479 e. The molecule has 11 nitrogen and oxygen atoms in total. The molecule has 1 atom stereocenters. The highest BCUT2D eigenvalue weighted by Gasteiger charge is 2.46. The molecule has 14 heteroatoms. The molecule has 1 amide bonds. The second-order valence-corrected chi connectivity index (χ2v) is 8.29. The van der Waals surface area contributed by atoms with Gasteiger partial charge in [0.15, 0.2) is 0 Å². The smallest absolute Gasteiger partial charge is 0.285 e. The number of likely N-dealkylation sites (tertiary alicyclic amines) is 1. The number of methoxy groups -OCH3 is 1. The predicted octanol–water partition coefficient (Wildman–Crippen LogP) is 1.76. The average molecular weight is 507 g/mol. The molecule has 190 valence electrons. The van der Waals surface area contributed by atoms with Crippen molar-refractivity contribution in [3.63, 3.8) is 0 Å². The Morgan fingerprint density at radius 3 is 3.00 bits per heavy atom. The van der Waals surface area contributed by atoms with E-state index in [9.17, 15) is 18.0 Å². The molecular weight excluding hydrogens is 481 g/mol. The highest BCUT2D eigenvalue weighted by Crippen LogP contribution is 2.34. The van der Waals surface area contributed by atoms with Crippen molar-refractivity contribution in [3.05, 3.63) is 30.5 Å². The van der Waals surface area contributed by atoms with Gasteiger partial charge in [-0.05, 0) is 30.2 Å². The number of hydrogen-bond donors (Lipinski definition) is 2. The Bertz CT molecular complexity index is 1530. The first-order valence-electron chi connectivity index (χ1n) is 12.5. The third kappa shape index (κ3) is 4.17. The monoisotopic (exact) mass is 507 g/mol. The number of ether oxygens (including phenoxy) is 1. The maximum Gasteiger partial charge on any atom is 0.285 e. The van der Waals surface area contributed by atoms with E-state index in [1.54, 1.807) is 24.3 Å². The Morgan fingerprint density at radius 1 is 1.39 bits per heavy atom. The number of halogens is 3. The standard InChI is InChI=1S/C22H23F3N8O3/c1-36-20-19-14(13-2-3-15-16(10-13)32(9-6-23)30-28-15)4-8-33(19)29-21(27-20)26-17-5-7-31(18(35)11-34)12-22(17,24)25/h2-4,8,10,17,34H,5-7,9,11-12H2,1H3,(H,26,29)/t17-/m1/s1/i1D3. The van der Waals surface area contributed by atoms with Gasteiger partial charge in [-0.1, -0.05) is 11.3 Å². The lowest BCUT2D eigenvalue weighted by atomic mass is 10.0. The second kappa shape index (κ2) is 9.26. The normalized spacial score (nSPS) is 19.2. The Hall–Kier alpha value is -3.94. The van der Waals surface area contributed by atoms with Crippen molar-refractivity contribution in [1.29, 1.82) is 0 Å². The first-order chi connectivity index (χ1) is 18.5. The number of alkyl halides is 3. The lowest BCUT2D eigenvalue weighted by Crippen LogP contribution is -2.56. The SMILES string of the molecule is [2H]C([2H])([2H])Oc1nc(N[C@@H]2CCN(C(=O)CO)CC2(F)F)nn2ccc(-c3ccc4nnn(CCF)c4c3)c12. The molecule has 1 aromatic carbocycles. The molecule has 4 aromatic rings. The summed E-state index contributed by atoms with van der Waals surface area (Å²) in [6.07, 6.45) is 1.32. The first kappa shape index (κ1) is 20.3. The number of carbonyl (C=O) groups excluding carboxylic acids is 1. The second-order valence-electron chi connectivity index (χ2n) is 8.29. The number of aromatic nitrogens is 6. The molecule has 0 saturated carbocycles. The zero-order valence-corrected chi connectivity index (χ0v) is 18.7. The van der Waals surface area contributed by atoms with Crippen molar-refractivity contribution >= 4 is 28.4 Å². The van der Waals surface area contributed by atoms with Gasteiger partial charge in [0.25, 0.3) is 5.92 Å². The number of aliphatic hydroxyl groups excluding tert-OH is 1. The van der Waals surface area contributed by atoms with E-state index in [0.717, 1.165) is 4.90 Å². The Labute approximate surface area is 206 Å². The van der Waals surface area contributed by atoms with Crippen molar-refractivity contribution in [2.45, 2.75) is 24.9 Å². The molecule has 4 heterocycles. The van der Waals surface area contributed by atoms with Gasteiger partial charge in [0.2, 0.25) is 17.7 Å². The van der Waals surface area contributed by atoms with Gasteiger partial charge < -0.3 is 20.1 Å². The molecule has 3 aromatic heterocycles. The van der Waals surface area contributed by atoms with Crippen LogP contribution < -0.4 is 10.1 Å². The van der Waals surface area contributed by atoms with Crippen LogP contribution in [0, 0.1) is 0 Å². The zero-order chi connectivity index (χ0) is 27.9. The number of nitrogens with zero attached hydrogens (tertiary/aromatic N) is 7. The molecule has 36 heavy (non-hydrogen) atoms. The average Bonchev–Trinajstić information content (AvgIpc) is 3.48. The molecule has 1 fully saturated rings. The molecule has 1 aliphatic heterocycles. The summed E-state index contributed by atoms with van der Waals surface area (Å²) in [5.74, 6) is -4.88. The minimum atomic E-state index is -3.39. The summed E-state index contributed by atoms with van der Waals surface area (Å²) in [5.41, 5.74) is 2.30. The van der Waals surface area contributed by atoms with Crippen LogP contribution in [0.15, 0.2) is 30.5 Å². The fourth-order valence-corrected chi connectivity index (χ4v) is 4.32. The van der Waals surface area contributed by atoms with E-state index < -0.39 is 44.7 Å². The summed E-state index contributed by atoms with van der Waals surface area (Å²) in [4.78, 5) is 16.7. The number of benzene rings is 1. The topological polar surface area (TPSA) is 123 Å². The summed E-state index contributed by atoms with van der Waals surface area (Å²) < 4.78 is 73.2. The van der Waals surface area contributed by atoms with Crippen molar-refractivity contribution in [2.24, 2.45) is 0 Å². The zero-order valence-electron chi connectivity index (χ0n) is 21.7. The number of aryl methyl sites for hydroxylation is 1. The molecule has 1 saturated heterocycles. The van der Waals surface area contributed by atoms with Gasteiger partial charge in [-0.15, -0.1) is 10.2 Å². The Morgan fingerprint density at radius 2 is 2.25 bits per heavy atom. The number of piperidine rings is 1. The molecular formula is C22H23F3N8O3. The molecule has 5 rings (SSSR count). The molecule has 0 unspecified atom stereocenters. The lowest BCUT2D eigenvalue weighted by molar-refractivity contribution is -0.145. The van der Waals surface area contributed by atoms with Gasteiger partial charge in [-0.3, -0.25) is 4.79 Å². The van der Waals surface area contributed by atoms with Crippen LogP contribution in [-0.2, 0) is 11.3 Å². The van der Waals surface area contributed by atoms with Crippen LogP contribution in [0.3, 0.4) is 0 Å². The van der Waals surface area contributed by atoms with Gasteiger partial charge in [-0.25, -0.2) is 22.4 Å². The molecule has 0 spiro atoms. The number of amides is 1. The number of hydrogen-bond acceptors (Lipinski definition) is 8. The quantitative estimate of drug-likeness (QED) is 0.388. The summed E-state index contributed by atoms with van der Waals surface area (Å²) in [5, 5.41) is 23.7. The third-order valence-corrected chi connectivity index (χ3v) is 6.09. The summed E-state index contributed by atoms with van der Waals surface area (Å²) in [7, 11) is -2.92. The van der Waals surface area contributed by atoms with Gasteiger partial charge >= 0.3 is 0 Å². The summed E-state index contributed by atoms with van der Waals surface area (Å²) >= 11 is 0. The van der Waals surface area contributed by atoms with Crippen molar-refractivity contribution in [3.8, 4) is 17.0 Å². The first-order valence-corrected chi connectivity index (χ1v) is 11.0. The molecule has 0 aliphatic carbocycles. The van der Waals surface area contributed by atoms with Crippen LogP contribution in [0.2, 0.25) is 0 Å². The Balaban J connectivity index is 1.52. The van der Waals surface area contributed by atoms with E-state index in [1.807, 2.05) is 0 Å². The van der Waals surface area contributed by atoms with Gasteiger partial charge in [0.1, 0.15) is 24.3 Å². The van der Waals surface area contributed by atoms with Gasteiger partial charge in [0, 0.05) is 18.3 Å². The van der Waals surface area contributed by atoms with Gasteiger partial charge in [-0.2, -0.15) is 4.98 Å². The van der Waals surface area contributed by atoms with Crippen molar-refractivity contribution < 1.29 is 31.9 Å². The molecule has 0 bridgehead atoms. The number of rotatable bonds is 7. The van der Waals surface area contributed by atoms with Crippen LogP contribution >= 0.6 is 0 Å². The van der Waals surface area contributed by atoms with E-state index in [2.05, 4.69) is 25.7 Å². The van der Waals surface area contributed by atoms with Crippen molar-refractivity contribution in [1.82, 2.24) is 34.5 Å². The van der Waals surface area contributed by atoms with E-state index >= 15 is 0 Å². The lowest BCUT2D eigenvalue weighted by Gasteiger charge is -2.38. The summed E-state index contributed by atoms with van der Waals surface area (Å²) in [6, 6.07) is 5.23. The highest BCUT2D eigenvalue weighted by molar-refractivity contribution is 5.89. The van der Waals surface area contributed by atoms with E-state index in [0.29, 0.717) is 22.2 Å². The third-order valence-electron chi connectivity index (χ3n) is 6.09. The van der Waals surface area contributed by atoms with Crippen LogP contribution in [-0.4, -0.2) is 90.9 Å². The molecule has 1 aliphatic rings. The Kier molecular flexibility index (Phi) is 5.21. The van der Waals surface area contributed by atoms with E-state index in [4.69, 9.17) is 14.0 Å². The fraction of sp³-hybridized carbons (Fsp3) is 0.409. The maximum atomic E-state index is 14.8. The fourth-order valence-electron chi connectivity index (χ4n) is 4.32. The van der Waals surface area contributed by atoms with E-state index in [-0.39, 0.29) is 36.9 Å². The number of fused-ring (bicyclic) bond motifs is 2. The van der Waals surface area contributed by atoms with Gasteiger partial charge in [0.05, 0.1) is 35.8 Å². The number of nitrogens with one attached hydrogen (secondary N) is 1. The van der Waals surface area contributed by atoms with Crippen molar-refractivity contribution in [2.75, 3.05) is 38.7 Å². The van der Waals surface area contributed by atoms with Crippen LogP contribution in [0.5, 0.6) is 5.88 Å². The van der Waals surface area contributed by atoms with Crippen LogP contribution in [0.25, 0.3) is 27.7 Å². The number of carbonyl (C=O) groups is 1. The minimum Gasteiger partial charge on any atom is -0.479 e. The predicted molar refractivity (Wildman–Crippen MR) is 123 cm³/mol. The van der Waals surface area contributed by atoms with E-state index in [1.165, 1.54) is 15.4 Å². The molecule has 0 radical (unpaired) electrons. The maximum absolute atomic E-state index is 14.8. The van der Waals surface area contributed by atoms with Crippen LogP contribution in [0.1, 0.15) is 10.5 Å². The summed E-state index contributed by atoms with van der Waals surface area (Å²) in [6.45, 7) is -2.46. The minimum absolute atomic E-state index is 0.000263. The van der Waals surface area contributed by atoms with Crippen LogP contribution in [0.4, 0.5) is 19.1 Å².